The number of rotatable bonds is 8. The molecule has 39 heavy (non-hydrogen) atoms. The Balaban J connectivity index is 1.64. The highest BCUT2D eigenvalue weighted by Crippen LogP contribution is 2.34. The van der Waals surface area contributed by atoms with Crippen LogP contribution in [0.3, 0.4) is 0 Å². The van der Waals surface area contributed by atoms with Crippen molar-refractivity contribution in [2.24, 2.45) is 20.5 Å². The van der Waals surface area contributed by atoms with Gasteiger partial charge in [0.2, 0.25) is 0 Å². The third kappa shape index (κ3) is 6.47. The zero-order valence-electron chi connectivity index (χ0n) is 22.6. The Morgan fingerprint density at radius 2 is 1.33 bits per heavy atom. The van der Waals surface area contributed by atoms with E-state index in [4.69, 9.17) is 10.5 Å². The first-order valence-electron chi connectivity index (χ1n) is 12.5. The van der Waals surface area contributed by atoms with E-state index in [0.717, 1.165) is 40.0 Å². The molecule has 4 rings (SSSR count). The van der Waals surface area contributed by atoms with Crippen molar-refractivity contribution in [1.29, 1.82) is 0 Å². The topological polar surface area (TPSA) is 139 Å². The van der Waals surface area contributed by atoms with Crippen LogP contribution in [0.5, 0.6) is 5.75 Å². The molecule has 0 aromatic heterocycles. The minimum Gasteiger partial charge on any atom is -0.494 e. The van der Waals surface area contributed by atoms with Gasteiger partial charge in [-0.2, -0.15) is 28.9 Å². The summed E-state index contributed by atoms with van der Waals surface area (Å²) in [7, 11) is -4.49. The van der Waals surface area contributed by atoms with Crippen molar-refractivity contribution in [3.05, 3.63) is 76.9 Å². The molecule has 0 heterocycles. The van der Waals surface area contributed by atoms with Gasteiger partial charge in [0.05, 0.1) is 29.4 Å². The van der Waals surface area contributed by atoms with Crippen LogP contribution in [-0.2, 0) is 10.1 Å². The molecule has 0 fully saturated rings. The van der Waals surface area contributed by atoms with Crippen LogP contribution in [0.4, 0.5) is 28.4 Å². The first-order valence-corrected chi connectivity index (χ1v) is 13.9. The number of anilines is 1. The molecule has 0 unspecified atom stereocenters. The lowest BCUT2D eigenvalue weighted by Crippen LogP contribution is -2.02. The average molecular weight is 546 g/mol. The number of nitrogen functional groups attached to an aromatic ring is 1. The number of fused-ring (bicyclic) bond motifs is 1. The molecular formula is C29H31N5O4S. The molecule has 4 aromatic carbocycles. The lowest BCUT2D eigenvalue weighted by atomic mass is 10.1. The van der Waals surface area contributed by atoms with Crippen molar-refractivity contribution in [3.8, 4) is 5.75 Å². The third-order valence-electron chi connectivity index (χ3n) is 6.26. The molecule has 0 bridgehead atoms. The highest BCUT2D eigenvalue weighted by Gasteiger charge is 2.17. The highest BCUT2D eigenvalue weighted by atomic mass is 32.2. The Labute approximate surface area is 228 Å². The number of ether oxygens (including phenoxy) is 1. The summed E-state index contributed by atoms with van der Waals surface area (Å²) in [5.41, 5.74) is 12.8. The summed E-state index contributed by atoms with van der Waals surface area (Å²) in [4.78, 5) is -0.239. The SMILES string of the molecule is CCCOc1cc(S(=O)(=O)O)c2cc(N=Nc3cc(C)c(N=Nc4cc(C)c(N)cc4C)cc3C)ccc2c1. The molecule has 0 amide bonds. The molecule has 0 spiro atoms. The average Bonchev–Trinajstić information content (AvgIpc) is 2.88. The smallest absolute Gasteiger partial charge is 0.295 e. The second kappa shape index (κ2) is 11.3. The number of nitrogens with zero attached hydrogens (tertiary/aromatic N) is 4. The second-order valence-corrected chi connectivity index (χ2v) is 10.9. The predicted octanol–water partition coefficient (Wildman–Crippen LogP) is 8.52. The lowest BCUT2D eigenvalue weighted by molar-refractivity contribution is 0.317. The summed E-state index contributed by atoms with van der Waals surface area (Å²) < 4.78 is 39.6. The molecule has 0 aliphatic heterocycles. The van der Waals surface area contributed by atoms with E-state index in [0.29, 0.717) is 40.2 Å². The normalized spacial score (nSPS) is 12.2. The van der Waals surface area contributed by atoms with Gasteiger partial charge in [0.15, 0.2) is 0 Å². The van der Waals surface area contributed by atoms with Crippen molar-refractivity contribution < 1.29 is 17.7 Å². The molecule has 0 radical (unpaired) electrons. The zero-order chi connectivity index (χ0) is 28.3. The van der Waals surface area contributed by atoms with Crippen molar-refractivity contribution in [2.75, 3.05) is 12.3 Å². The van der Waals surface area contributed by atoms with Gasteiger partial charge in [-0.25, -0.2) is 0 Å². The van der Waals surface area contributed by atoms with Gasteiger partial charge in [-0.05, 0) is 104 Å². The monoisotopic (exact) mass is 545 g/mol. The maximum atomic E-state index is 12.1. The van der Waals surface area contributed by atoms with Gasteiger partial charge in [-0.1, -0.05) is 13.0 Å². The van der Waals surface area contributed by atoms with E-state index < -0.39 is 10.1 Å². The Hall–Kier alpha value is -4.15. The van der Waals surface area contributed by atoms with Gasteiger partial charge in [-0.15, -0.1) is 0 Å². The summed E-state index contributed by atoms with van der Waals surface area (Å²) in [5.74, 6) is 0.372. The van der Waals surface area contributed by atoms with Crippen LogP contribution >= 0.6 is 0 Å². The predicted molar refractivity (Wildman–Crippen MR) is 154 cm³/mol. The van der Waals surface area contributed by atoms with Crippen LogP contribution in [-0.4, -0.2) is 19.6 Å². The summed E-state index contributed by atoms with van der Waals surface area (Å²) in [6.07, 6.45) is 0.767. The van der Waals surface area contributed by atoms with Crippen LogP contribution < -0.4 is 10.5 Å². The Morgan fingerprint density at radius 3 is 1.92 bits per heavy atom. The number of hydrogen-bond donors (Lipinski definition) is 2. The van der Waals surface area contributed by atoms with Crippen LogP contribution in [0.2, 0.25) is 0 Å². The third-order valence-corrected chi connectivity index (χ3v) is 7.16. The van der Waals surface area contributed by atoms with Crippen LogP contribution in [0.15, 0.2) is 79.9 Å². The lowest BCUT2D eigenvalue weighted by Gasteiger charge is -2.10. The van der Waals surface area contributed by atoms with Crippen molar-refractivity contribution in [1.82, 2.24) is 0 Å². The number of benzene rings is 4. The molecular weight excluding hydrogens is 514 g/mol. The minimum absolute atomic E-state index is 0.239. The van der Waals surface area contributed by atoms with E-state index in [1.165, 1.54) is 6.07 Å². The van der Waals surface area contributed by atoms with E-state index >= 15 is 0 Å². The van der Waals surface area contributed by atoms with E-state index in [1.54, 1.807) is 24.3 Å². The largest absolute Gasteiger partial charge is 0.494 e. The molecule has 10 heteroatoms. The first-order chi connectivity index (χ1) is 18.5. The Bertz CT molecular complexity index is 1730. The molecule has 0 aliphatic rings. The molecule has 0 saturated heterocycles. The first kappa shape index (κ1) is 27.9. The standard InChI is InChI=1S/C29H31N5O4S/c1-6-9-38-23-14-21-7-8-22(15-24(21)29(16-23)39(35,36)37)31-32-27-12-20(5)28(13-19(27)4)34-33-26-11-17(2)25(30)10-18(26)3/h7-8,10-16H,6,9,30H2,1-5H3,(H,35,36,37). The molecule has 0 aliphatic carbocycles. The molecule has 0 atom stereocenters. The van der Waals surface area contributed by atoms with Gasteiger partial charge < -0.3 is 10.5 Å². The van der Waals surface area contributed by atoms with Crippen LogP contribution in [0, 0.1) is 27.7 Å². The molecule has 3 N–H and O–H groups in total. The van der Waals surface area contributed by atoms with Gasteiger partial charge in [0.1, 0.15) is 10.6 Å². The maximum Gasteiger partial charge on any atom is 0.295 e. The van der Waals surface area contributed by atoms with Gasteiger partial charge in [0, 0.05) is 17.1 Å². The Kier molecular flexibility index (Phi) is 8.08. The van der Waals surface area contributed by atoms with Crippen LogP contribution in [0.1, 0.15) is 35.6 Å². The number of azo groups is 2. The van der Waals surface area contributed by atoms with Crippen molar-refractivity contribution >= 4 is 49.3 Å². The summed E-state index contributed by atoms with van der Waals surface area (Å²) in [5, 5.41) is 18.5. The molecule has 4 aromatic rings. The van der Waals surface area contributed by atoms with Crippen LogP contribution in [0.25, 0.3) is 10.8 Å². The van der Waals surface area contributed by atoms with Crippen molar-refractivity contribution in [3.63, 3.8) is 0 Å². The van der Waals surface area contributed by atoms with E-state index in [9.17, 15) is 13.0 Å². The van der Waals surface area contributed by atoms with E-state index in [1.807, 2.05) is 58.9 Å². The molecule has 0 saturated carbocycles. The zero-order valence-corrected chi connectivity index (χ0v) is 23.4. The fourth-order valence-electron chi connectivity index (χ4n) is 4.02. The fraction of sp³-hybridized carbons (Fsp3) is 0.241. The number of hydrogen-bond acceptors (Lipinski definition) is 8. The molecule has 202 valence electrons. The number of nitrogens with two attached hydrogens (primary N) is 1. The van der Waals surface area contributed by atoms with Gasteiger partial charge >= 0.3 is 0 Å². The second-order valence-electron chi connectivity index (χ2n) is 9.47. The summed E-state index contributed by atoms with van der Waals surface area (Å²) >= 11 is 0. The fourth-order valence-corrected chi connectivity index (χ4v) is 4.74. The summed E-state index contributed by atoms with van der Waals surface area (Å²) in [6, 6.07) is 15.6. The Morgan fingerprint density at radius 1 is 0.769 bits per heavy atom. The highest BCUT2D eigenvalue weighted by molar-refractivity contribution is 7.86. The van der Waals surface area contributed by atoms with Crippen molar-refractivity contribution in [2.45, 2.75) is 45.9 Å². The molecule has 9 nitrogen and oxygen atoms in total. The number of aryl methyl sites for hydroxylation is 4. The van der Waals surface area contributed by atoms with E-state index in [2.05, 4.69) is 20.5 Å². The minimum atomic E-state index is -4.49. The summed E-state index contributed by atoms with van der Waals surface area (Å²) in [6.45, 7) is 10.1. The maximum absolute atomic E-state index is 12.1. The van der Waals surface area contributed by atoms with Gasteiger partial charge in [-0.3, -0.25) is 4.55 Å². The van der Waals surface area contributed by atoms with E-state index in [-0.39, 0.29) is 4.90 Å². The van der Waals surface area contributed by atoms with Gasteiger partial charge in [0.25, 0.3) is 10.1 Å². The quantitative estimate of drug-likeness (QED) is 0.130.